The van der Waals surface area contributed by atoms with Gasteiger partial charge in [-0.25, -0.2) is 9.18 Å². The van der Waals surface area contributed by atoms with Crippen LogP contribution in [0.3, 0.4) is 0 Å². The molecule has 7 nitrogen and oxygen atoms in total. The summed E-state index contributed by atoms with van der Waals surface area (Å²) in [6, 6.07) is 11.3. The number of benzene rings is 2. The molecule has 0 aromatic heterocycles. The van der Waals surface area contributed by atoms with E-state index in [4.69, 9.17) is 4.74 Å². The predicted molar refractivity (Wildman–Crippen MR) is 157 cm³/mol. The molecule has 220 valence electrons. The number of hydrogen-bond donors (Lipinski definition) is 1. The first-order valence-corrected chi connectivity index (χ1v) is 15.8. The number of fused-ring (bicyclic) bond motifs is 2. The number of nitrogens with zero attached hydrogens (tertiary/aromatic N) is 2. The molecule has 0 radical (unpaired) electrons. The van der Waals surface area contributed by atoms with Gasteiger partial charge in [-0.15, -0.1) is 0 Å². The summed E-state index contributed by atoms with van der Waals surface area (Å²) in [5.41, 5.74) is 2.31. The molecule has 2 amide bonds. The highest BCUT2D eigenvalue weighted by Crippen LogP contribution is 2.43. The molecule has 5 unspecified atom stereocenters. The number of piperidine rings is 1. The first kappa shape index (κ1) is 30.7. The van der Waals surface area contributed by atoms with E-state index in [1.165, 1.54) is 6.07 Å². The maximum atomic E-state index is 15.2. The van der Waals surface area contributed by atoms with Crippen molar-refractivity contribution >= 4 is 22.8 Å². The van der Waals surface area contributed by atoms with Gasteiger partial charge in [-0.1, -0.05) is 32.0 Å². The summed E-state index contributed by atoms with van der Waals surface area (Å²) < 4.78 is 32.9. The minimum absolute atomic E-state index is 0.0318. The maximum Gasteiger partial charge on any atom is 0.411 e. The number of nitrogens with one attached hydrogen (secondary N) is 1. The molecule has 1 heterocycles. The van der Waals surface area contributed by atoms with E-state index in [1.807, 2.05) is 38.1 Å². The minimum Gasteiger partial charge on any atom is -0.444 e. The van der Waals surface area contributed by atoms with Gasteiger partial charge in [0, 0.05) is 17.2 Å². The molecule has 5 atom stereocenters. The predicted octanol–water partition coefficient (Wildman–Crippen LogP) is 6.08. The van der Waals surface area contributed by atoms with Crippen molar-refractivity contribution in [1.29, 1.82) is 5.26 Å². The number of nitriles is 1. The van der Waals surface area contributed by atoms with E-state index in [0.29, 0.717) is 11.1 Å². The Bertz CT molecular complexity index is 1380. The summed E-state index contributed by atoms with van der Waals surface area (Å²) in [4.78, 5) is 28.5. The fraction of sp³-hybridized carbons (Fsp3) is 0.531. The second-order valence-corrected chi connectivity index (χ2v) is 13.8. The van der Waals surface area contributed by atoms with Crippen LogP contribution in [0.1, 0.15) is 77.3 Å². The van der Waals surface area contributed by atoms with E-state index in [2.05, 4.69) is 11.4 Å². The number of carbonyl (C=O) groups excluding carboxylic acids is 2. The maximum absolute atomic E-state index is 15.2. The third-order valence-corrected chi connectivity index (χ3v) is 8.95. The average molecular weight is 582 g/mol. The summed E-state index contributed by atoms with van der Waals surface area (Å²) in [6.07, 6.45) is 4.10. The third kappa shape index (κ3) is 6.98. The van der Waals surface area contributed by atoms with E-state index in [9.17, 15) is 19.1 Å². The summed E-state index contributed by atoms with van der Waals surface area (Å²) in [7, 11) is -1.11. The summed E-state index contributed by atoms with van der Waals surface area (Å²) in [5, 5.41) is 12.6. The van der Waals surface area contributed by atoms with Crippen LogP contribution in [0.25, 0.3) is 11.1 Å². The molecule has 2 bridgehead atoms. The molecule has 0 spiro atoms. The molecule has 1 aliphatic heterocycles. The van der Waals surface area contributed by atoms with Crippen LogP contribution >= 0.6 is 0 Å². The smallest absolute Gasteiger partial charge is 0.411 e. The van der Waals surface area contributed by atoms with Crippen molar-refractivity contribution in [3.05, 3.63) is 53.3 Å². The van der Waals surface area contributed by atoms with Gasteiger partial charge >= 0.3 is 6.09 Å². The van der Waals surface area contributed by atoms with Crippen LogP contribution in [0, 0.1) is 23.1 Å². The molecule has 1 aliphatic carbocycles. The van der Waals surface area contributed by atoms with Crippen molar-refractivity contribution in [2.45, 2.75) is 101 Å². The van der Waals surface area contributed by atoms with Crippen LogP contribution < -0.4 is 5.32 Å². The van der Waals surface area contributed by atoms with Crippen molar-refractivity contribution < 1.29 is 22.9 Å². The third-order valence-electron chi connectivity index (χ3n) is 7.96. The summed E-state index contributed by atoms with van der Waals surface area (Å²) in [6.45, 7) is 9.45. The Kier molecular flexibility index (Phi) is 9.22. The van der Waals surface area contributed by atoms with Gasteiger partial charge in [-0.3, -0.25) is 13.9 Å². The van der Waals surface area contributed by atoms with E-state index in [1.54, 1.807) is 38.0 Å². The normalized spacial score (nSPS) is 21.4. The van der Waals surface area contributed by atoms with Crippen molar-refractivity contribution in [2.75, 3.05) is 6.26 Å². The zero-order chi connectivity index (χ0) is 30.1. The van der Waals surface area contributed by atoms with E-state index < -0.39 is 34.6 Å². The minimum atomic E-state index is -1.11. The molecule has 4 rings (SSSR count). The molecule has 2 aromatic carbocycles. The molecule has 41 heavy (non-hydrogen) atoms. The molecule has 1 saturated heterocycles. The van der Waals surface area contributed by atoms with Crippen LogP contribution in [-0.4, -0.2) is 51.1 Å². The lowest BCUT2D eigenvalue weighted by molar-refractivity contribution is -0.128. The Balaban J connectivity index is 1.42. The monoisotopic (exact) mass is 581 g/mol. The van der Waals surface area contributed by atoms with Gasteiger partial charge in [0.1, 0.15) is 23.5 Å². The van der Waals surface area contributed by atoms with Gasteiger partial charge < -0.3 is 10.1 Å². The molecule has 2 aromatic rings. The van der Waals surface area contributed by atoms with Gasteiger partial charge in [0.15, 0.2) is 0 Å². The molecule has 1 saturated carbocycles. The second-order valence-electron chi connectivity index (χ2n) is 12.5. The molecule has 2 fully saturated rings. The van der Waals surface area contributed by atoms with E-state index in [-0.39, 0.29) is 42.4 Å². The van der Waals surface area contributed by atoms with E-state index >= 15 is 4.39 Å². The topological polar surface area (TPSA) is 99.5 Å². The number of ether oxygens (including phenoxy) is 1. The zero-order valence-corrected chi connectivity index (χ0v) is 25.5. The molecule has 2 aliphatic rings. The summed E-state index contributed by atoms with van der Waals surface area (Å²) in [5.74, 6) is -0.530. The number of rotatable bonds is 8. The molecule has 9 heteroatoms. The van der Waals surface area contributed by atoms with Crippen LogP contribution in [0.4, 0.5) is 9.18 Å². The van der Waals surface area contributed by atoms with Gasteiger partial charge in [-0.05, 0) is 105 Å². The highest BCUT2D eigenvalue weighted by molar-refractivity contribution is 7.84. The number of hydrogen-bond acceptors (Lipinski definition) is 5. The fourth-order valence-electron chi connectivity index (χ4n) is 6.00. The Morgan fingerprint density at radius 2 is 1.85 bits per heavy atom. The Morgan fingerprint density at radius 1 is 1.17 bits per heavy atom. The Hall–Kier alpha value is -3.25. The van der Waals surface area contributed by atoms with Gasteiger partial charge in [0.2, 0.25) is 5.91 Å². The lowest BCUT2D eigenvalue weighted by Gasteiger charge is -2.35. The first-order valence-electron chi connectivity index (χ1n) is 14.3. The zero-order valence-electron chi connectivity index (χ0n) is 24.7. The quantitative estimate of drug-likeness (QED) is 0.407. The first-order chi connectivity index (χ1) is 19.3. The van der Waals surface area contributed by atoms with Crippen LogP contribution in [0.2, 0.25) is 0 Å². The lowest BCUT2D eigenvalue weighted by atomic mass is 9.95. The number of halogens is 1. The molecule has 1 N–H and O–H groups in total. The second kappa shape index (κ2) is 12.3. The summed E-state index contributed by atoms with van der Waals surface area (Å²) >= 11 is 0. The van der Waals surface area contributed by atoms with Gasteiger partial charge in [0.05, 0.1) is 16.9 Å². The molecular formula is C32H40FN3O4S. The van der Waals surface area contributed by atoms with Crippen LogP contribution in [0.5, 0.6) is 0 Å². The Labute approximate surface area is 244 Å². The van der Waals surface area contributed by atoms with Crippen molar-refractivity contribution in [2.24, 2.45) is 5.92 Å². The van der Waals surface area contributed by atoms with Crippen molar-refractivity contribution in [3.63, 3.8) is 0 Å². The fourth-order valence-corrected chi connectivity index (χ4v) is 6.89. The van der Waals surface area contributed by atoms with Crippen LogP contribution in [-0.2, 0) is 26.8 Å². The average Bonchev–Trinajstić information content (AvgIpc) is 3.52. The highest BCUT2D eigenvalue weighted by atomic mass is 32.2. The number of amides is 2. The number of carbonyl (C=O) groups is 2. The lowest BCUT2D eigenvalue weighted by Crippen LogP contribution is -2.55. The van der Waals surface area contributed by atoms with Gasteiger partial charge in [-0.2, -0.15) is 5.26 Å². The van der Waals surface area contributed by atoms with Gasteiger partial charge in [0.25, 0.3) is 0 Å². The van der Waals surface area contributed by atoms with E-state index in [0.717, 1.165) is 35.3 Å². The largest absolute Gasteiger partial charge is 0.444 e. The number of likely N-dealkylation sites (tertiary alicyclic amines) is 1. The SMILES string of the molecule is CC(C)c1cc(-c2ccc(CCC(C#N)NC(=O)C3C4CCC(C4)N3C(=O)OC(C)(C)C)c(F)c2)ccc1S(C)=O. The Morgan fingerprint density at radius 3 is 2.46 bits per heavy atom. The number of aryl methyl sites for hydroxylation is 1. The highest BCUT2D eigenvalue weighted by Gasteiger charge is 2.52. The van der Waals surface area contributed by atoms with Crippen molar-refractivity contribution in [1.82, 2.24) is 10.2 Å². The molecular weight excluding hydrogens is 541 g/mol. The standard InChI is InChI=1S/C32H40FN3O4S/c1-19(2)26-16-21(11-14-28(26)41(6)39)22-8-7-20(27(33)17-22)9-12-24(18-34)35-30(37)29-23-10-13-25(15-23)36(29)31(38)40-32(3,4)5/h7-8,11,14,16-17,19,23-25,29H,9-10,12-13,15H2,1-6H3,(H,35,37). The van der Waals surface area contributed by atoms with Crippen molar-refractivity contribution in [3.8, 4) is 17.2 Å². The van der Waals surface area contributed by atoms with Crippen LogP contribution in [0.15, 0.2) is 41.3 Å².